The molecule has 7 heteroatoms. The standard InChI is InChI=1S/C23H19N3O4/c24-20(23(28)29)13-14-1-3-17(4-2-14)21-25-26-22(30-21)18-7-5-15(6-8-18)16-9-11-19(27)12-10-16/h1-12,20,27H,13,24H2,(H,28,29). The van der Waals surface area contributed by atoms with E-state index in [1.54, 1.807) is 36.4 Å². The predicted molar refractivity (Wildman–Crippen MR) is 112 cm³/mol. The summed E-state index contributed by atoms with van der Waals surface area (Å²) in [4.78, 5) is 10.9. The molecule has 7 nitrogen and oxygen atoms in total. The first kappa shape index (κ1) is 19.4. The maximum Gasteiger partial charge on any atom is 0.320 e. The second-order valence-electron chi connectivity index (χ2n) is 6.88. The van der Waals surface area contributed by atoms with Gasteiger partial charge in [0.2, 0.25) is 11.8 Å². The monoisotopic (exact) mass is 401 g/mol. The number of carboxylic acid groups (broad SMARTS) is 1. The number of hydrogen-bond acceptors (Lipinski definition) is 6. The summed E-state index contributed by atoms with van der Waals surface area (Å²) in [5.41, 5.74) is 9.92. The van der Waals surface area contributed by atoms with Gasteiger partial charge in [-0.25, -0.2) is 0 Å². The van der Waals surface area contributed by atoms with Gasteiger partial charge in [0, 0.05) is 11.1 Å². The highest BCUT2D eigenvalue weighted by molar-refractivity contribution is 5.73. The zero-order valence-corrected chi connectivity index (χ0v) is 15.9. The van der Waals surface area contributed by atoms with Gasteiger partial charge < -0.3 is 20.4 Å². The summed E-state index contributed by atoms with van der Waals surface area (Å²) in [6, 6.07) is 21.0. The van der Waals surface area contributed by atoms with E-state index in [-0.39, 0.29) is 12.2 Å². The van der Waals surface area contributed by atoms with Gasteiger partial charge in [0.15, 0.2) is 0 Å². The molecule has 0 saturated heterocycles. The van der Waals surface area contributed by atoms with E-state index in [0.29, 0.717) is 11.8 Å². The first-order valence-electron chi connectivity index (χ1n) is 9.30. The van der Waals surface area contributed by atoms with Crippen molar-refractivity contribution in [2.24, 2.45) is 5.73 Å². The van der Waals surface area contributed by atoms with Crippen molar-refractivity contribution in [2.75, 3.05) is 0 Å². The molecule has 150 valence electrons. The molecule has 0 spiro atoms. The summed E-state index contributed by atoms with van der Waals surface area (Å²) < 4.78 is 5.80. The number of nitrogens with zero attached hydrogens (tertiary/aromatic N) is 2. The molecule has 0 radical (unpaired) electrons. The van der Waals surface area contributed by atoms with E-state index in [2.05, 4.69) is 10.2 Å². The molecule has 0 aliphatic carbocycles. The molecule has 0 aliphatic heterocycles. The molecule has 1 aromatic heterocycles. The van der Waals surface area contributed by atoms with Crippen LogP contribution < -0.4 is 5.73 Å². The van der Waals surface area contributed by atoms with Crippen LogP contribution in [-0.4, -0.2) is 32.4 Å². The number of hydrogen-bond donors (Lipinski definition) is 3. The quantitative estimate of drug-likeness (QED) is 0.450. The Bertz CT molecular complexity index is 1150. The third-order valence-corrected chi connectivity index (χ3v) is 4.73. The number of aromatic nitrogens is 2. The molecule has 0 saturated carbocycles. The largest absolute Gasteiger partial charge is 0.508 e. The fourth-order valence-electron chi connectivity index (χ4n) is 3.04. The zero-order chi connectivity index (χ0) is 21.1. The van der Waals surface area contributed by atoms with Crippen LogP contribution in [0.25, 0.3) is 34.0 Å². The highest BCUT2D eigenvalue weighted by Crippen LogP contribution is 2.27. The molecule has 0 aliphatic rings. The molecule has 4 N–H and O–H groups in total. The van der Waals surface area contributed by atoms with Crippen molar-refractivity contribution in [2.45, 2.75) is 12.5 Å². The van der Waals surface area contributed by atoms with E-state index in [1.165, 1.54) is 0 Å². The number of rotatable bonds is 6. The Morgan fingerprint density at radius 1 is 0.800 bits per heavy atom. The summed E-state index contributed by atoms with van der Waals surface area (Å²) >= 11 is 0. The van der Waals surface area contributed by atoms with Gasteiger partial charge in [-0.15, -0.1) is 10.2 Å². The molecular weight excluding hydrogens is 382 g/mol. The number of nitrogens with two attached hydrogens (primary N) is 1. The summed E-state index contributed by atoms with van der Waals surface area (Å²) in [5.74, 6) is -0.0236. The fourth-order valence-corrected chi connectivity index (χ4v) is 3.04. The van der Waals surface area contributed by atoms with E-state index >= 15 is 0 Å². The third kappa shape index (κ3) is 4.21. The molecule has 1 heterocycles. The lowest BCUT2D eigenvalue weighted by Crippen LogP contribution is -2.32. The van der Waals surface area contributed by atoms with Crippen molar-refractivity contribution < 1.29 is 19.4 Å². The number of phenolic OH excluding ortho intramolecular Hbond substituents is 1. The van der Waals surface area contributed by atoms with Crippen LogP contribution in [0.15, 0.2) is 77.2 Å². The Kier molecular flexibility index (Phi) is 5.28. The Labute approximate surface area is 172 Å². The van der Waals surface area contributed by atoms with Crippen LogP contribution in [0.4, 0.5) is 0 Å². The molecule has 30 heavy (non-hydrogen) atoms. The number of aliphatic carboxylic acids is 1. The van der Waals surface area contributed by atoms with Gasteiger partial charge in [0.25, 0.3) is 0 Å². The molecule has 1 unspecified atom stereocenters. The average Bonchev–Trinajstić information content (AvgIpc) is 3.25. The van der Waals surface area contributed by atoms with E-state index in [4.69, 9.17) is 15.3 Å². The fraction of sp³-hybridized carbons (Fsp3) is 0.0870. The van der Waals surface area contributed by atoms with Gasteiger partial charge >= 0.3 is 5.97 Å². The molecule has 0 bridgehead atoms. The Morgan fingerprint density at radius 3 is 1.73 bits per heavy atom. The van der Waals surface area contributed by atoms with Crippen molar-refractivity contribution in [1.82, 2.24) is 10.2 Å². The molecule has 3 aromatic carbocycles. The van der Waals surface area contributed by atoms with Gasteiger partial charge in [0.05, 0.1) is 0 Å². The van der Waals surface area contributed by atoms with Crippen molar-refractivity contribution in [3.05, 3.63) is 78.4 Å². The topological polar surface area (TPSA) is 122 Å². The van der Waals surface area contributed by atoms with Crippen molar-refractivity contribution >= 4 is 5.97 Å². The van der Waals surface area contributed by atoms with Crippen molar-refractivity contribution in [1.29, 1.82) is 0 Å². The third-order valence-electron chi connectivity index (χ3n) is 4.73. The molecule has 4 aromatic rings. The highest BCUT2D eigenvalue weighted by Gasteiger charge is 2.14. The van der Waals surface area contributed by atoms with E-state index in [0.717, 1.165) is 27.8 Å². The number of aromatic hydroxyl groups is 1. The van der Waals surface area contributed by atoms with E-state index in [1.807, 2.05) is 36.4 Å². The van der Waals surface area contributed by atoms with Crippen LogP contribution in [0.3, 0.4) is 0 Å². The Morgan fingerprint density at radius 2 is 1.23 bits per heavy atom. The first-order valence-corrected chi connectivity index (χ1v) is 9.30. The molecular formula is C23H19N3O4. The molecule has 0 amide bonds. The smallest absolute Gasteiger partial charge is 0.320 e. The Hall–Kier alpha value is -3.97. The molecule has 1 atom stereocenters. The maximum atomic E-state index is 10.9. The second-order valence-corrected chi connectivity index (χ2v) is 6.88. The van der Waals surface area contributed by atoms with Crippen LogP contribution in [0.2, 0.25) is 0 Å². The maximum absolute atomic E-state index is 10.9. The molecule has 4 rings (SSSR count). The first-order chi connectivity index (χ1) is 14.5. The van der Waals surface area contributed by atoms with Crippen molar-refractivity contribution in [3.8, 4) is 39.8 Å². The van der Waals surface area contributed by atoms with Crippen molar-refractivity contribution in [3.63, 3.8) is 0 Å². The number of phenols is 1. The van der Waals surface area contributed by atoms with Gasteiger partial charge in [-0.3, -0.25) is 4.79 Å². The SMILES string of the molecule is NC(Cc1ccc(-c2nnc(-c3ccc(-c4ccc(O)cc4)cc3)o2)cc1)C(=O)O. The van der Waals surface area contributed by atoms with Crippen LogP contribution >= 0.6 is 0 Å². The summed E-state index contributed by atoms with van der Waals surface area (Å²) in [5, 5.41) is 26.6. The molecule has 0 fully saturated rings. The van der Waals surface area contributed by atoms with E-state index < -0.39 is 12.0 Å². The lowest BCUT2D eigenvalue weighted by molar-refractivity contribution is -0.138. The minimum atomic E-state index is -1.03. The number of carbonyl (C=O) groups is 1. The highest BCUT2D eigenvalue weighted by atomic mass is 16.4. The predicted octanol–water partition coefficient (Wildman–Crippen LogP) is 3.73. The van der Waals surface area contributed by atoms with Crippen LogP contribution in [0, 0.1) is 0 Å². The van der Waals surface area contributed by atoms with Gasteiger partial charge in [0.1, 0.15) is 11.8 Å². The van der Waals surface area contributed by atoms with Gasteiger partial charge in [-0.05, 0) is 59.5 Å². The van der Waals surface area contributed by atoms with Crippen LogP contribution in [0.5, 0.6) is 5.75 Å². The number of carboxylic acids is 1. The minimum Gasteiger partial charge on any atom is -0.508 e. The summed E-state index contributed by atoms with van der Waals surface area (Å²) in [6.07, 6.45) is 0.248. The van der Waals surface area contributed by atoms with Gasteiger partial charge in [-0.2, -0.15) is 0 Å². The average molecular weight is 401 g/mol. The van der Waals surface area contributed by atoms with Crippen LogP contribution in [-0.2, 0) is 11.2 Å². The van der Waals surface area contributed by atoms with Crippen LogP contribution in [0.1, 0.15) is 5.56 Å². The zero-order valence-electron chi connectivity index (χ0n) is 15.9. The summed E-state index contributed by atoms with van der Waals surface area (Å²) in [7, 11) is 0. The normalized spacial score (nSPS) is 11.9. The van der Waals surface area contributed by atoms with E-state index in [9.17, 15) is 9.90 Å². The van der Waals surface area contributed by atoms with Gasteiger partial charge in [-0.1, -0.05) is 36.4 Å². The second kappa shape index (κ2) is 8.18. The number of benzene rings is 3. The lowest BCUT2D eigenvalue weighted by atomic mass is 10.0. The summed E-state index contributed by atoms with van der Waals surface area (Å²) in [6.45, 7) is 0. The lowest BCUT2D eigenvalue weighted by Gasteiger charge is -2.06. The Balaban J connectivity index is 1.50. The minimum absolute atomic E-state index is 0.228.